The van der Waals surface area contributed by atoms with Gasteiger partial charge in [-0.1, -0.05) is 0 Å². The second-order valence-corrected chi connectivity index (χ2v) is 5.43. The van der Waals surface area contributed by atoms with E-state index < -0.39 is 0 Å². The molecule has 1 aliphatic rings. The molecule has 0 radical (unpaired) electrons. The van der Waals surface area contributed by atoms with Crippen molar-refractivity contribution in [2.45, 2.75) is 6.54 Å². The molecule has 0 aliphatic carbocycles. The van der Waals surface area contributed by atoms with Gasteiger partial charge in [-0.2, -0.15) is 5.10 Å². The van der Waals surface area contributed by atoms with Crippen LogP contribution in [0.25, 0.3) is 0 Å². The second-order valence-electron chi connectivity index (χ2n) is 4.18. The zero-order valence-corrected chi connectivity index (χ0v) is 12.4. The van der Waals surface area contributed by atoms with Crippen molar-refractivity contribution < 1.29 is 9.53 Å². The second kappa shape index (κ2) is 4.80. The molecular formula is C12H11IN4O2. The highest BCUT2D eigenvalue weighted by molar-refractivity contribution is 14.1. The van der Waals surface area contributed by atoms with Gasteiger partial charge < -0.3 is 4.74 Å². The Hall–Kier alpha value is -1.64. The summed E-state index contributed by atoms with van der Waals surface area (Å²) in [5, 5.41) is 4.01. The Bertz CT molecular complexity index is 640. The third-order valence-corrected chi connectivity index (χ3v) is 3.64. The topological polar surface area (TPSA) is 60.2 Å². The van der Waals surface area contributed by atoms with E-state index >= 15 is 0 Å². The zero-order chi connectivity index (χ0) is 13.4. The molecule has 1 aromatic heterocycles. The van der Waals surface area contributed by atoms with Crippen molar-refractivity contribution in [3.8, 4) is 5.75 Å². The van der Waals surface area contributed by atoms with Crippen LogP contribution < -0.4 is 9.64 Å². The van der Waals surface area contributed by atoms with Crippen molar-refractivity contribution in [2.75, 3.05) is 11.5 Å². The SMILES string of the molecule is Cn1ncnc1CN1C(=O)COc2cc(I)ccc21. The summed E-state index contributed by atoms with van der Waals surface area (Å²) in [6, 6.07) is 5.77. The Kier molecular flexibility index (Phi) is 3.13. The molecule has 19 heavy (non-hydrogen) atoms. The van der Waals surface area contributed by atoms with Gasteiger partial charge in [0.1, 0.15) is 17.9 Å². The first kappa shape index (κ1) is 12.4. The van der Waals surface area contributed by atoms with E-state index in [0.717, 1.165) is 20.8 Å². The largest absolute Gasteiger partial charge is 0.482 e. The number of carbonyl (C=O) groups excluding carboxylic acids is 1. The number of aryl methyl sites for hydroxylation is 1. The molecule has 6 nitrogen and oxygen atoms in total. The van der Waals surface area contributed by atoms with Crippen molar-refractivity contribution >= 4 is 34.2 Å². The monoisotopic (exact) mass is 370 g/mol. The Morgan fingerprint density at radius 2 is 2.32 bits per heavy atom. The Morgan fingerprint density at radius 1 is 1.47 bits per heavy atom. The smallest absolute Gasteiger partial charge is 0.265 e. The molecule has 3 rings (SSSR count). The molecule has 2 heterocycles. The molecule has 0 saturated carbocycles. The first-order valence-electron chi connectivity index (χ1n) is 5.71. The molecule has 2 aromatic rings. The summed E-state index contributed by atoms with van der Waals surface area (Å²) in [5.41, 5.74) is 0.777. The number of fused-ring (bicyclic) bond motifs is 1. The van der Waals surface area contributed by atoms with Gasteiger partial charge in [0.25, 0.3) is 5.91 Å². The van der Waals surface area contributed by atoms with E-state index in [2.05, 4.69) is 32.7 Å². The molecule has 0 bridgehead atoms. The summed E-state index contributed by atoms with van der Waals surface area (Å²) < 4.78 is 8.19. The summed E-state index contributed by atoms with van der Waals surface area (Å²) in [6.07, 6.45) is 1.48. The van der Waals surface area contributed by atoms with Gasteiger partial charge >= 0.3 is 0 Å². The number of anilines is 1. The Morgan fingerprint density at radius 3 is 3.05 bits per heavy atom. The van der Waals surface area contributed by atoms with Crippen LogP contribution in [0.4, 0.5) is 5.69 Å². The van der Waals surface area contributed by atoms with Gasteiger partial charge in [0.2, 0.25) is 0 Å². The summed E-state index contributed by atoms with van der Waals surface area (Å²) >= 11 is 2.22. The summed E-state index contributed by atoms with van der Waals surface area (Å²) in [7, 11) is 1.81. The minimum Gasteiger partial charge on any atom is -0.482 e. The highest BCUT2D eigenvalue weighted by Crippen LogP contribution is 2.34. The van der Waals surface area contributed by atoms with E-state index in [1.54, 1.807) is 9.58 Å². The van der Waals surface area contributed by atoms with Gasteiger partial charge in [-0.15, -0.1) is 0 Å². The molecule has 1 amide bonds. The third-order valence-electron chi connectivity index (χ3n) is 2.97. The predicted molar refractivity (Wildman–Crippen MR) is 76.8 cm³/mol. The lowest BCUT2D eigenvalue weighted by atomic mass is 10.2. The van der Waals surface area contributed by atoms with Crippen molar-refractivity contribution in [1.82, 2.24) is 14.8 Å². The van der Waals surface area contributed by atoms with Gasteiger partial charge in [-0.05, 0) is 40.8 Å². The number of nitrogens with zero attached hydrogens (tertiary/aromatic N) is 4. The quantitative estimate of drug-likeness (QED) is 0.749. The van der Waals surface area contributed by atoms with E-state index in [0.29, 0.717) is 6.54 Å². The zero-order valence-electron chi connectivity index (χ0n) is 10.2. The number of hydrogen-bond donors (Lipinski definition) is 0. The Labute approximate surface area is 123 Å². The summed E-state index contributed by atoms with van der Waals surface area (Å²) in [4.78, 5) is 17.9. The molecule has 7 heteroatoms. The number of amides is 1. The fourth-order valence-corrected chi connectivity index (χ4v) is 2.42. The fraction of sp³-hybridized carbons (Fsp3) is 0.250. The highest BCUT2D eigenvalue weighted by Gasteiger charge is 2.26. The average Bonchev–Trinajstić information content (AvgIpc) is 2.78. The molecule has 0 unspecified atom stereocenters. The minimum absolute atomic E-state index is 0.0605. The maximum atomic E-state index is 12.0. The molecule has 98 valence electrons. The first-order chi connectivity index (χ1) is 9.15. The van der Waals surface area contributed by atoms with Crippen molar-refractivity contribution in [3.05, 3.63) is 33.9 Å². The molecule has 0 spiro atoms. The first-order valence-corrected chi connectivity index (χ1v) is 6.78. The highest BCUT2D eigenvalue weighted by atomic mass is 127. The number of ether oxygens (including phenoxy) is 1. The van der Waals surface area contributed by atoms with Crippen molar-refractivity contribution in [2.24, 2.45) is 7.05 Å². The molecule has 1 aliphatic heterocycles. The van der Waals surface area contributed by atoms with Gasteiger partial charge in [-0.3, -0.25) is 14.4 Å². The van der Waals surface area contributed by atoms with Gasteiger partial charge in [0.05, 0.1) is 12.2 Å². The standard InChI is InChI=1S/C12H11IN4O2/c1-16-11(14-7-15-16)5-17-9-3-2-8(13)4-10(9)19-6-12(17)18/h2-4,7H,5-6H2,1H3. The average molecular weight is 370 g/mol. The lowest BCUT2D eigenvalue weighted by Gasteiger charge is -2.29. The fourth-order valence-electron chi connectivity index (χ4n) is 1.96. The number of rotatable bonds is 2. The van der Waals surface area contributed by atoms with E-state index in [4.69, 9.17) is 4.74 Å². The molecular weight excluding hydrogens is 359 g/mol. The van der Waals surface area contributed by atoms with Crippen molar-refractivity contribution in [1.29, 1.82) is 0 Å². The van der Waals surface area contributed by atoms with Crippen LogP contribution in [0, 0.1) is 3.57 Å². The minimum atomic E-state index is -0.0725. The van der Waals surface area contributed by atoms with Crippen LogP contribution in [0.15, 0.2) is 24.5 Å². The van der Waals surface area contributed by atoms with E-state index in [1.165, 1.54) is 6.33 Å². The van der Waals surface area contributed by atoms with E-state index in [-0.39, 0.29) is 12.5 Å². The van der Waals surface area contributed by atoms with Crippen LogP contribution in [0.2, 0.25) is 0 Å². The van der Waals surface area contributed by atoms with Crippen LogP contribution in [0.3, 0.4) is 0 Å². The van der Waals surface area contributed by atoms with Crippen molar-refractivity contribution in [3.63, 3.8) is 0 Å². The third kappa shape index (κ3) is 2.29. The van der Waals surface area contributed by atoms with Gasteiger partial charge in [-0.25, -0.2) is 4.98 Å². The maximum Gasteiger partial charge on any atom is 0.265 e. The van der Waals surface area contributed by atoms with Crippen LogP contribution in [0.1, 0.15) is 5.82 Å². The van der Waals surface area contributed by atoms with Crippen LogP contribution in [0.5, 0.6) is 5.75 Å². The maximum absolute atomic E-state index is 12.0. The number of halogens is 1. The van der Waals surface area contributed by atoms with E-state index in [9.17, 15) is 4.79 Å². The number of carbonyl (C=O) groups is 1. The molecule has 0 atom stereocenters. The lowest BCUT2D eigenvalue weighted by Crippen LogP contribution is -2.38. The van der Waals surface area contributed by atoms with Gasteiger partial charge in [0, 0.05) is 10.6 Å². The van der Waals surface area contributed by atoms with E-state index in [1.807, 2.05) is 25.2 Å². The Balaban J connectivity index is 1.97. The molecule has 0 saturated heterocycles. The van der Waals surface area contributed by atoms with Crippen LogP contribution in [-0.2, 0) is 18.4 Å². The molecule has 1 aromatic carbocycles. The number of hydrogen-bond acceptors (Lipinski definition) is 4. The summed E-state index contributed by atoms with van der Waals surface area (Å²) in [6.45, 7) is 0.456. The van der Waals surface area contributed by atoms with Crippen LogP contribution >= 0.6 is 22.6 Å². The lowest BCUT2D eigenvalue weighted by molar-refractivity contribution is -0.121. The molecule has 0 N–H and O–H groups in total. The van der Waals surface area contributed by atoms with Gasteiger partial charge in [0.15, 0.2) is 6.61 Å². The summed E-state index contributed by atoms with van der Waals surface area (Å²) in [5.74, 6) is 1.39. The van der Waals surface area contributed by atoms with Crippen LogP contribution in [-0.4, -0.2) is 27.3 Å². The molecule has 0 fully saturated rings. The number of aromatic nitrogens is 3. The number of benzene rings is 1. The normalized spacial score (nSPS) is 14.2. The predicted octanol–water partition coefficient (Wildman–Crippen LogP) is 1.35.